The van der Waals surface area contributed by atoms with Crippen LogP contribution >= 0.6 is 0 Å². The third-order valence-corrected chi connectivity index (χ3v) is 4.46. The lowest BCUT2D eigenvalue weighted by Gasteiger charge is -2.37. The van der Waals surface area contributed by atoms with Gasteiger partial charge in [0, 0.05) is 24.7 Å². The third kappa shape index (κ3) is 6.27. The lowest BCUT2D eigenvalue weighted by molar-refractivity contribution is 0.120. The summed E-state index contributed by atoms with van der Waals surface area (Å²) >= 11 is 0. The maximum absolute atomic E-state index is 3.65. The average Bonchev–Trinajstić information content (AvgIpc) is 2.86. The molecule has 1 atom stereocenters. The molecule has 0 saturated heterocycles. The van der Waals surface area contributed by atoms with Gasteiger partial charge in [-0.15, -0.1) is 0 Å². The van der Waals surface area contributed by atoms with Gasteiger partial charge in [-0.2, -0.15) is 0 Å². The van der Waals surface area contributed by atoms with Gasteiger partial charge in [0.15, 0.2) is 0 Å². The van der Waals surface area contributed by atoms with Crippen LogP contribution in [-0.4, -0.2) is 36.1 Å². The summed E-state index contributed by atoms with van der Waals surface area (Å²) in [4.78, 5) is 2.84. The van der Waals surface area contributed by atoms with E-state index in [1.54, 1.807) is 0 Å². The van der Waals surface area contributed by atoms with Gasteiger partial charge in [-0.3, -0.25) is 4.90 Å². The van der Waals surface area contributed by atoms with Crippen molar-refractivity contribution in [2.75, 3.05) is 13.1 Å². The Balaban J connectivity index is 2.56. The van der Waals surface area contributed by atoms with Crippen molar-refractivity contribution in [3.63, 3.8) is 0 Å². The molecule has 2 heteroatoms. The van der Waals surface area contributed by atoms with E-state index >= 15 is 0 Å². The first kappa shape index (κ1) is 17.0. The highest BCUT2D eigenvalue weighted by atomic mass is 15.2. The molecule has 0 radical (unpaired) electrons. The highest BCUT2D eigenvalue weighted by molar-refractivity contribution is 4.84. The Kier molecular flexibility index (Phi) is 8.01. The van der Waals surface area contributed by atoms with E-state index in [0.29, 0.717) is 6.04 Å². The van der Waals surface area contributed by atoms with Crippen molar-refractivity contribution in [3.05, 3.63) is 0 Å². The number of nitrogens with zero attached hydrogens (tertiary/aromatic N) is 1. The molecule has 1 unspecified atom stereocenters. The molecule has 114 valence electrons. The van der Waals surface area contributed by atoms with Crippen molar-refractivity contribution >= 4 is 0 Å². The van der Waals surface area contributed by atoms with Crippen LogP contribution in [0.25, 0.3) is 0 Å². The van der Waals surface area contributed by atoms with Gasteiger partial charge in [0.05, 0.1) is 0 Å². The van der Waals surface area contributed by atoms with Crippen LogP contribution in [0.3, 0.4) is 0 Å². The minimum atomic E-state index is 0.601. The van der Waals surface area contributed by atoms with E-state index in [1.165, 1.54) is 45.1 Å². The molecule has 1 fully saturated rings. The molecular formula is C17H36N2. The number of hydrogen-bond acceptors (Lipinski definition) is 2. The number of hydrogen-bond donors (Lipinski definition) is 1. The summed E-state index contributed by atoms with van der Waals surface area (Å²) in [5.41, 5.74) is 0. The van der Waals surface area contributed by atoms with Crippen LogP contribution < -0.4 is 5.32 Å². The zero-order valence-corrected chi connectivity index (χ0v) is 13.9. The first-order chi connectivity index (χ1) is 9.04. The molecule has 1 aliphatic carbocycles. The zero-order valence-electron chi connectivity index (χ0n) is 13.9. The van der Waals surface area contributed by atoms with Gasteiger partial charge in [0.2, 0.25) is 0 Å². The van der Waals surface area contributed by atoms with E-state index in [-0.39, 0.29) is 0 Å². The molecule has 0 amide bonds. The summed E-state index contributed by atoms with van der Waals surface area (Å²) in [5.74, 6) is 0.819. The van der Waals surface area contributed by atoms with E-state index in [0.717, 1.165) is 24.5 Å². The van der Waals surface area contributed by atoms with Crippen molar-refractivity contribution in [2.45, 2.75) is 91.3 Å². The molecule has 1 saturated carbocycles. The molecule has 2 nitrogen and oxygen atoms in total. The Morgan fingerprint density at radius 1 is 1.11 bits per heavy atom. The van der Waals surface area contributed by atoms with Crippen molar-refractivity contribution in [1.29, 1.82) is 0 Å². The van der Waals surface area contributed by atoms with E-state index in [9.17, 15) is 0 Å². The fourth-order valence-electron chi connectivity index (χ4n) is 3.17. The lowest BCUT2D eigenvalue weighted by Crippen LogP contribution is -2.48. The minimum absolute atomic E-state index is 0.601. The summed E-state index contributed by atoms with van der Waals surface area (Å²) < 4.78 is 0. The average molecular weight is 268 g/mol. The summed E-state index contributed by atoms with van der Waals surface area (Å²) in [6.07, 6.45) is 8.35. The molecule has 1 N–H and O–H groups in total. The predicted molar refractivity (Wildman–Crippen MR) is 85.6 cm³/mol. The Morgan fingerprint density at radius 2 is 1.74 bits per heavy atom. The van der Waals surface area contributed by atoms with Gasteiger partial charge < -0.3 is 5.32 Å². The van der Waals surface area contributed by atoms with Gasteiger partial charge in [-0.1, -0.05) is 47.5 Å². The second kappa shape index (κ2) is 8.97. The zero-order chi connectivity index (χ0) is 14.3. The molecule has 0 heterocycles. The third-order valence-electron chi connectivity index (χ3n) is 4.46. The largest absolute Gasteiger partial charge is 0.313 e. The second-order valence-corrected chi connectivity index (χ2v) is 6.98. The number of nitrogens with one attached hydrogen (secondary N) is 1. The van der Waals surface area contributed by atoms with Crippen molar-refractivity contribution in [2.24, 2.45) is 5.92 Å². The molecule has 19 heavy (non-hydrogen) atoms. The van der Waals surface area contributed by atoms with Crippen LogP contribution in [-0.2, 0) is 0 Å². The normalized spacial score (nSPS) is 18.9. The molecule has 0 spiro atoms. The van der Waals surface area contributed by atoms with Crippen LogP contribution in [0.5, 0.6) is 0 Å². The van der Waals surface area contributed by atoms with E-state index < -0.39 is 0 Å². The van der Waals surface area contributed by atoms with Gasteiger partial charge >= 0.3 is 0 Å². The van der Waals surface area contributed by atoms with Gasteiger partial charge in [0.25, 0.3) is 0 Å². The summed E-state index contributed by atoms with van der Waals surface area (Å²) in [6.45, 7) is 14.0. The molecule has 0 aromatic rings. The number of rotatable bonds is 9. The Hall–Kier alpha value is -0.0800. The molecule has 0 bridgehead atoms. The second-order valence-electron chi connectivity index (χ2n) is 6.98. The smallest absolute Gasteiger partial charge is 0.0221 e. The molecular weight excluding hydrogens is 232 g/mol. The van der Waals surface area contributed by atoms with Gasteiger partial charge in [0.1, 0.15) is 0 Å². The maximum Gasteiger partial charge on any atom is 0.0221 e. The van der Waals surface area contributed by atoms with E-state index in [1.807, 2.05) is 0 Å². The maximum atomic E-state index is 3.65. The van der Waals surface area contributed by atoms with Crippen LogP contribution in [0, 0.1) is 5.92 Å². The Morgan fingerprint density at radius 3 is 2.21 bits per heavy atom. The van der Waals surface area contributed by atoms with E-state index in [2.05, 4.69) is 44.8 Å². The van der Waals surface area contributed by atoms with Gasteiger partial charge in [-0.05, 0) is 38.1 Å². The minimum Gasteiger partial charge on any atom is -0.313 e. The molecule has 0 aromatic carbocycles. The van der Waals surface area contributed by atoms with Crippen molar-refractivity contribution in [3.8, 4) is 0 Å². The van der Waals surface area contributed by atoms with Gasteiger partial charge in [-0.25, -0.2) is 0 Å². The Labute approximate surface area is 121 Å². The molecule has 1 aliphatic rings. The SMILES string of the molecule is CCC(CNC(C)C)N(CCC(C)C)C1CCCC1. The first-order valence-corrected chi connectivity index (χ1v) is 8.53. The molecule has 0 aromatic heterocycles. The highest BCUT2D eigenvalue weighted by Gasteiger charge is 2.27. The quantitative estimate of drug-likeness (QED) is 0.678. The van der Waals surface area contributed by atoms with Crippen molar-refractivity contribution < 1.29 is 0 Å². The standard InChI is InChI=1S/C17H36N2/c1-6-16(13-18-15(4)5)19(12-11-14(2)3)17-9-7-8-10-17/h14-18H,6-13H2,1-5H3. The van der Waals surface area contributed by atoms with Crippen molar-refractivity contribution in [1.82, 2.24) is 10.2 Å². The van der Waals surface area contributed by atoms with Crippen LogP contribution in [0.1, 0.15) is 73.1 Å². The lowest BCUT2D eigenvalue weighted by atomic mass is 10.0. The monoisotopic (exact) mass is 268 g/mol. The summed E-state index contributed by atoms with van der Waals surface area (Å²) in [7, 11) is 0. The van der Waals surface area contributed by atoms with Crippen LogP contribution in [0.4, 0.5) is 0 Å². The molecule has 0 aliphatic heterocycles. The molecule has 1 rings (SSSR count). The topological polar surface area (TPSA) is 15.3 Å². The predicted octanol–water partition coefficient (Wildman–Crippen LogP) is 4.05. The van der Waals surface area contributed by atoms with Crippen LogP contribution in [0.15, 0.2) is 0 Å². The highest BCUT2D eigenvalue weighted by Crippen LogP contribution is 2.26. The van der Waals surface area contributed by atoms with E-state index in [4.69, 9.17) is 0 Å². The first-order valence-electron chi connectivity index (χ1n) is 8.53. The fraction of sp³-hybridized carbons (Fsp3) is 1.00. The fourth-order valence-corrected chi connectivity index (χ4v) is 3.17. The summed E-state index contributed by atoms with van der Waals surface area (Å²) in [6, 6.07) is 2.19. The van der Waals surface area contributed by atoms with Crippen LogP contribution in [0.2, 0.25) is 0 Å². The Bertz CT molecular complexity index is 219. The summed E-state index contributed by atoms with van der Waals surface area (Å²) in [5, 5.41) is 3.65.